The van der Waals surface area contributed by atoms with Crippen LogP contribution in [0, 0.1) is 6.92 Å². The molecule has 78 heavy (non-hydrogen) atoms. The van der Waals surface area contributed by atoms with Gasteiger partial charge in [0.2, 0.25) is 0 Å². The first-order chi connectivity index (χ1) is 37.9. The summed E-state index contributed by atoms with van der Waals surface area (Å²) in [5, 5.41) is 4.22. The van der Waals surface area contributed by atoms with Crippen LogP contribution in [0.2, 0.25) is 0 Å². The lowest BCUT2D eigenvalue weighted by molar-refractivity contribution is 0.590. The van der Waals surface area contributed by atoms with Crippen molar-refractivity contribution in [1.29, 1.82) is 0 Å². The second-order valence-corrected chi connectivity index (χ2v) is 23.4. The van der Waals surface area contributed by atoms with Gasteiger partial charge in [0.25, 0.3) is 0 Å². The van der Waals surface area contributed by atoms with Crippen LogP contribution in [0.1, 0.15) is 58.2 Å². The molecule has 13 aromatic rings. The van der Waals surface area contributed by atoms with E-state index in [0.717, 1.165) is 145 Å². The van der Waals surface area contributed by atoms with Crippen LogP contribution in [0.4, 0.5) is 34.1 Å². The number of hydrogen-bond acceptors (Lipinski definition) is 6. The van der Waals surface area contributed by atoms with Crippen molar-refractivity contribution in [3.8, 4) is 44.5 Å². The number of aryl methyl sites for hydroxylation is 1. The zero-order chi connectivity index (χ0) is 52.8. The molecule has 6 nitrogen and oxygen atoms in total. The Bertz CT molecular complexity index is 4270. The van der Waals surface area contributed by atoms with Gasteiger partial charge in [-0.15, -0.1) is 0 Å². The molecule has 0 fully saturated rings. The van der Waals surface area contributed by atoms with E-state index >= 15 is 0 Å². The fourth-order valence-corrected chi connectivity index (χ4v) is 12.4. The van der Waals surface area contributed by atoms with Gasteiger partial charge in [-0.25, -0.2) is 0 Å². The number of fused-ring (bicyclic) bond motifs is 10. The maximum atomic E-state index is 7.52. The zero-order valence-electron chi connectivity index (χ0n) is 44.7. The van der Waals surface area contributed by atoms with Crippen molar-refractivity contribution in [3.05, 3.63) is 223 Å². The Hall–Kier alpha value is -9.20. The van der Waals surface area contributed by atoms with Crippen molar-refractivity contribution in [1.82, 2.24) is 0 Å². The molecule has 0 amide bonds. The monoisotopic (exact) mass is 1010 g/mol. The number of nitrogens with zero attached hydrogens (tertiary/aromatic N) is 2. The van der Waals surface area contributed by atoms with Crippen LogP contribution in [0.5, 0.6) is 0 Å². The predicted molar refractivity (Wildman–Crippen MR) is 323 cm³/mol. The lowest BCUT2D eigenvalue weighted by Gasteiger charge is -2.42. The van der Waals surface area contributed by atoms with Crippen LogP contribution in [-0.4, -0.2) is 6.71 Å². The van der Waals surface area contributed by atoms with E-state index in [2.05, 4.69) is 228 Å². The molecule has 0 N–H and O–H groups in total. The van der Waals surface area contributed by atoms with Crippen molar-refractivity contribution < 1.29 is 17.7 Å². The summed E-state index contributed by atoms with van der Waals surface area (Å²) in [4.78, 5) is 5.03. The van der Waals surface area contributed by atoms with Crippen LogP contribution in [0.25, 0.3) is 88.4 Å². The average Bonchev–Trinajstić information content (AvgIpc) is 4.31. The molecule has 9 aromatic carbocycles. The Morgan fingerprint density at radius 2 is 0.782 bits per heavy atom. The van der Waals surface area contributed by atoms with Crippen molar-refractivity contribution in [2.75, 3.05) is 9.80 Å². The lowest BCUT2D eigenvalue weighted by Crippen LogP contribution is -2.60. The first-order valence-electron chi connectivity index (χ1n) is 27.1. The largest absolute Gasteiger partial charge is 0.468 e. The maximum Gasteiger partial charge on any atom is 0.342 e. The van der Waals surface area contributed by atoms with Gasteiger partial charge in [0.1, 0.15) is 33.7 Å². The highest BCUT2D eigenvalue weighted by Crippen LogP contribution is 2.54. The Morgan fingerprint density at radius 1 is 0.359 bits per heavy atom. The Kier molecular flexibility index (Phi) is 10.00. The molecule has 0 atom stereocenters. The molecule has 376 valence electrons. The van der Waals surface area contributed by atoms with E-state index < -0.39 is 6.71 Å². The number of furan rings is 4. The SMILES string of the molecule is Cc1cc2c3c(c1)N(c1cc(-c4coc5ccccc45)ccc1-c1ccccc1)c1c(oc4ccc(C(C)(C)C)cc14)B3c1oc3ccc(C(C)(C)C)cc3c1N2c1cc(-c2coc3ccccc23)ccc1-c1ccccc1. The van der Waals surface area contributed by atoms with E-state index in [1.807, 2.05) is 36.8 Å². The smallest absolute Gasteiger partial charge is 0.342 e. The van der Waals surface area contributed by atoms with Gasteiger partial charge in [-0.1, -0.05) is 175 Å². The molecule has 7 heteroatoms. The van der Waals surface area contributed by atoms with Crippen molar-refractivity contribution in [3.63, 3.8) is 0 Å². The van der Waals surface area contributed by atoms with Crippen LogP contribution in [0.15, 0.2) is 224 Å². The summed E-state index contributed by atoms with van der Waals surface area (Å²) in [6.45, 7) is 15.5. The topological polar surface area (TPSA) is 59.0 Å². The van der Waals surface area contributed by atoms with E-state index in [1.54, 1.807) is 0 Å². The highest BCUT2D eigenvalue weighted by molar-refractivity contribution is 6.99. The van der Waals surface area contributed by atoms with Crippen LogP contribution < -0.4 is 26.6 Å². The Labute approximate surface area is 453 Å². The van der Waals surface area contributed by atoms with Gasteiger partial charge >= 0.3 is 6.71 Å². The quantitative estimate of drug-likeness (QED) is 0.155. The number of rotatable bonds is 6. The number of hydrogen-bond donors (Lipinski definition) is 0. The van der Waals surface area contributed by atoms with E-state index in [9.17, 15) is 0 Å². The summed E-state index contributed by atoms with van der Waals surface area (Å²) >= 11 is 0. The second kappa shape index (κ2) is 16.9. The first-order valence-corrected chi connectivity index (χ1v) is 27.1. The molecule has 2 aliphatic heterocycles. The molecule has 0 unspecified atom stereocenters. The van der Waals surface area contributed by atoms with Crippen LogP contribution >= 0.6 is 0 Å². The molecule has 0 bridgehead atoms. The highest BCUT2D eigenvalue weighted by atomic mass is 16.4. The molecular formula is C71H55BN2O4. The molecule has 0 saturated carbocycles. The van der Waals surface area contributed by atoms with Gasteiger partial charge in [-0.05, 0) is 123 Å². The minimum absolute atomic E-state index is 0.132. The fourth-order valence-electron chi connectivity index (χ4n) is 12.4. The van der Waals surface area contributed by atoms with Gasteiger partial charge in [0.05, 0.1) is 35.3 Å². The van der Waals surface area contributed by atoms with Gasteiger partial charge < -0.3 is 27.5 Å². The summed E-state index contributed by atoms with van der Waals surface area (Å²) in [6.07, 6.45) is 3.80. The van der Waals surface area contributed by atoms with Gasteiger partial charge in [-0.3, -0.25) is 0 Å². The molecule has 0 saturated heterocycles. The Morgan fingerprint density at radius 3 is 1.22 bits per heavy atom. The molecule has 6 heterocycles. The van der Waals surface area contributed by atoms with Gasteiger partial charge in [-0.2, -0.15) is 0 Å². The van der Waals surface area contributed by atoms with Crippen LogP contribution in [-0.2, 0) is 10.8 Å². The molecule has 2 aliphatic rings. The normalized spacial score (nSPS) is 13.2. The first kappa shape index (κ1) is 46.1. The number of benzene rings is 9. The average molecular weight is 1010 g/mol. The third-order valence-corrected chi connectivity index (χ3v) is 16.4. The molecular weight excluding hydrogens is 956 g/mol. The fraction of sp³-hybridized carbons (Fsp3) is 0.127. The zero-order valence-corrected chi connectivity index (χ0v) is 44.7. The minimum Gasteiger partial charge on any atom is -0.468 e. The predicted octanol–water partition coefficient (Wildman–Crippen LogP) is 18.3. The van der Waals surface area contributed by atoms with Crippen molar-refractivity contribution in [2.45, 2.75) is 59.3 Å². The second-order valence-electron chi connectivity index (χ2n) is 23.4. The van der Waals surface area contributed by atoms with E-state index in [-0.39, 0.29) is 10.8 Å². The summed E-state index contributed by atoms with van der Waals surface area (Å²) < 4.78 is 27.6. The number of para-hydroxylation sites is 2. The summed E-state index contributed by atoms with van der Waals surface area (Å²) in [7, 11) is 0. The maximum absolute atomic E-state index is 7.52. The number of anilines is 6. The van der Waals surface area contributed by atoms with Crippen molar-refractivity contribution in [2.24, 2.45) is 0 Å². The molecule has 4 aromatic heterocycles. The van der Waals surface area contributed by atoms with Crippen LogP contribution in [0.3, 0.4) is 0 Å². The summed E-state index contributed by atoms with van der Waals surface area (Å²) in [5.74, 6) is 0. The van der Waals surface area contributed by atoms with E-state index in [1.165, 1.54) is 11.1 Å². The lowest BCUT2D eigenvalue weighted by atomic mass is 9.37. The molecule has 0 radical (unpaired) electrons. The third-order valence-electron chi connectivity index (χ3n) is 16.4. The summed E-state index contributed by atoms with van der Waals surface area (Å²) in [5.41, 5.74) is 24.2. The van der Waals surface area contributed by atoms with E-state index in [4.69, 9.17) is 17.7 Å². The van der Waals surface area contributed by atoms with Gasteiger partial charge in [0.15, 0.2) is 0 Å². The minimum atomic E-state index is -0.425. The summed E-state index contributed by atoms with van der Waals surface area (Å²) in [6, 6.07) is 70.2. The highest BCUT2D eigenvalue weighted by Gasteiger charge is 2.50. The third kappa shape index (κ3) is 7.03. The molecule has 0 spiro atoms. The Balaban J connectivity index is 1.09. The molecule has 15 rings (SSSR count). The van der Waals surface area contributed by atoms with Crippen molar-refractivity contribution >= 4 is 101 Å². The molecule has 0 aliphatic carbocycles. The van der Waals surface area contributed by atoms with Gasteiger partial charge in [0, 0.05) is 55.2 Å². The standard InChI is InChI=1S/C71H55BN2O4/c1-42-34-59-65-60(35-42)74(58-37-46(27-31-50(58)44-20-12-9-13-21-44)56-41-76-62-25-17-15-23-52(56)62)67-54-39-48(71(5,6)7)29-33-64(54)78-69(67)72(65)68-66(53-38-47(70(2,3)4)28-32-63(53)77-68)73(59)57-36-45(26-30-49(57)43-18-10-8-11-19-43)55-40-75-61-24-16-14-22-51(55)61/h8-41H,1-7H3. The van der Waals surface area contributed by atoms with E-state index in [0.29, 0.717) is 0 Å².